The van der Waals surface area contributed by atoms with Crippen LogP contribution < -0.4 is 15.0 Å². The molecule has 1 aromatic heterocycles. The maximum Gasteiger partial charge on any atom is 0.356 e. The first-order valence-corrected chi connectivity index (χ1v) is 10.4. The van der Waals surface area contributed by atoms with E-state index in [9.17, 15) is 9.59 Å². The fraction of sp³-hybridized carbons (Fsp3) is 0.474. The van der Waals surface area contributed by atoms with Crippen molar-refractivity contribution in [3.8, 4) is 5.75 Å². The predicted molar refractivity (Wildman–Crippen MR) is 107 cm³/mol. The summed E-state index contributed by atoms with van der Waals surface area (Å²) in [4.78, 5) is 29.4. The molecule has 7 nitrogen and oxygen atoms in total. The number of hydrogen-bond acceptors (Lipinski definition) is 5. The van der Waals surface area contributed by atoms with Crippen LogP contribution in [0.1, 0.15) is 23.8 Å². The highest BCUT2D eigenvalue weighted by atomic mass is 32.2. The quantitative estimate of drug-likeness (QED) is 0.619. The molecule has 8 heteroatoms. The van der Waals surface area contributed by atoms with Crippen LogP contribution in [0.2, 0.25) is 0 Å². The van der Waals surface area contributed by atoms with Gasteiger partial charge in [0.15, 0.2) is 0 Å². The summed E-state index contributed by atoms with van der Waals surface area (Å²) < 4.78 is 10.4. The molecular formula is C19H26N3O4S+. The number of amides is 1. The van der Waals surface area contributed by atoms with Gasteiger partial charge in [-0.3, -0.25) is 4.79 Å². The number of esters is 1. The van der Waals surface area contributed by atoms with E-state index < -0.39 is 5.97 Å². The molecule has 1 aromatic carbocycles. The van der Waals surface area contributed by atoms with Gasteiger partial charge in [0.25, 0.3) is 0 Å². The number of carbonyl (C=O) groups excluding carboxylic acids is 2. The van der Waals surface area contributed by atoms with Crippen LogP contribution in [0.25, 0.3) is 10.9 Å². The van der Waals surface area contributed by atoms with Gasteiger partial charge in [0.1, 0.15) is 11.4 Å². The Morgan fingerprint density at radius 3 is 2.78 bits per heavy atom. The summed E-state index contributed by atoms with van der Waals surface area (Å²) in [5.41, 5.74) is 1.46. The first kappa shape index (κ1) is 19.6. The average Bonchev–Trinajstić information content (AvgIpc) is 3.05. The average molecular weight is 393 g/mol. The molecule has 0 unspecified atom stereocenters. The van der Waals surface area contributed by atoms with Gasteiger partial charge in [-0.15, -0.1) is 0 Å². The number of rotatable bonds is 7. The van der Waals surface area contributed by atoms with Gasteiger partial charge in [-0.2, -0.15) is 11.8 Å². The number of aromatic amines is 1. The Bertz CT molecular complexity index is 815. The van der Waals surface area contributed by atoms with Crippen LogP contribution in [0.4, 0.5) is 5.69 Å². The summed E-state index contributed by atoms with van der Waals surface area (Å²) in [6.45, 7) is 5.00. The van der Waals surface area contributed by atoms with Crippen LogP contribution in [-0.2, 0) is 9.53 Å². The number of benzene rings is 1. The predicted octanol–water partition coefficient (Wildman–Crippen LogP) is 1.31. The highest BCUT2D eigenvalue weighted by molar-refractivity contribution is 7.99. The van der Waals surface area contributed by atoms with Crippen LogP contribution in [0.5, 0.6) is 5.75 Å². The van der Waals surface area contributed by atoms with Crippen molar-refractivity contribution in [1.82, 2.24) is 4.98 Å². The van der Waals surface area contributed by atoms with E-state index in [4.69, 9.17) is 9.47 Å². The second-order valence-corrected chi connectivity index (χ2v) is 7.64. The van der Waals surface area contributed by atoms with E-state index in [1.54, 1.807) is 26.2 Å². The third-order valence-electron chi connectivity index (χ3n) is 4.66. The maximum atomic E-state index is 12.6. The minimum atomic E-state index is -0.485. The molecule has 3 rings (SSSR count). The third-order valence-corrected chi connectivity index (χ3v) is 5.64. The topological polar surface area (TPSA) is 84.9 Å². The summed E-state index contributed by atoms with van der Waals surface area (Å²) in [5.74, 6) is 2.36. The van der Waals surface area contributed by atoms with Crippen molar-refractivity contribution in [1.29, 1.82) is 0 Å². The lowest BCUT2D eigenvalue weighted by atomic mass is 10.2. The molecule has 146 valence electrons. The fourth-order valence-electron chi connectivity index (χ4n) is 3.19. The van der Waals surface area contributed by atoms with Gasteiger partial charge >= 0.3 is 5.97 Å². The van der Waals surface area contributed by atoms with Gasteiger partial charge in [0.2, 0.25) is 5.91 Å². The molecule has 1 amide bonds. The molecule has 1 aliphatic heterocycles. The van der Waals surface area contributed by atoms with Gasteiger partial charge < -0.3 is 24.7 Å². The number of methoxy groups -OCH3 is 1. The van der Waals surface area contributed by atoms with Crippen molar-refractivity contribution >= 4 is 40.2 Å². The molecule has 2 aromatic rings. The lowest BCUT2D eigenvalue weighted by Gasteiger charge is -2.22. The van der Waals surface area contributed by atoms with Crippen molar-refractivity contribution in [2.75, 3.05) is 50.2 Å². The van der Waals surface area contributed by atoms with Crippen LogP contribution in [0, 0.1) is 0 Å². The van der Waals surface area contributed by atoms with E-state index >= 15 is 0 Å². The molecule has 1 aliphatic rings. The number of anilines is 1. The molecule has 0 aliphatic carbocycles. The van der Waals surface area contributed by atoms with Crippen molar-refractivity contribution in [2.45, 2.75) is 13.3 Å². The lowest BCUT2D eigenvalue weighted by Crippen LogP contribution is -3.13. The minimum Gasteiger partial charge on any atom is -0.497 e. The first-order valence-electron chi connectivity index (χ1n) is 9.20. The van der Waals surface area contributed by atoms with E-state index in [1.807, 2.05) is 17.8 Å². The largest absolute Gasteiger partial charge is 0.497 e. The first-order chi connectivity index (χ1) is 13.1. The molecule has 0 bridgehead atoms. The molecule has 27 heavy (non-hydrogen) atoms. The Hall–Kier alpha value is -2.19. The Labute approximate surface area is 162 Å². The van der Waals surface area contributed by atoms with E-state index in [1.165, 1.54) is 4.90 Å². The van der Waals surface area contributed by atoms with E-state index in [2.05, 4.69) is 10.3 Å². The summed E-state index contributed by atoms with van der Waals surface area (Å²) in [5, 5.41) is 3.65. The number of aromatic nitrogens is 1. The van der Waals surface area contributed by atoms with Gasteiger partial charge in [-0.05, 0) is 25.1 Å². The molecule has 1 fully saturated rings. The van der Waals surface area contributed by atoms with E-state index in [-0.39, 0.29) is 18.2 Å². The number of carbonyl (C=O) groups is 2. The molecule has 1 saturated heterocycles. The second kappa shape index (κ2) is 9.14. The van der Waals surface area contributed by atoms with E-state index in [0.29, 0.717) is 17.9 Å². The number of hydrogen-bond donors (Lipinski definition) is 3. The second-order valence-electron chi connectivity index (χ2n) is 6.42. The third kappa shape index (κ3) is 4.75. The number of fused-ring (bicyclic) bond motifs is 1. The van der Waals surface area contributed by atoms with Crippen molar-refractivity contribution < 1.29 is 24.0 Å². The van der Waals surface area contributed by atoms with E-state index in [0.717, 1.165) is 42.0 Å². The Morgan fingerprint density at radius 2 is 2.07 bits per heavy atom. The van der Waals surface area contributed by atoms with Gasteiger partial charge in [0, 0.05) is 22.4 Å². The number of ether oxygens (including phenoxy) is 2. The monoisotopic (exact) mass is 392 g/mol. The number of quaternary nitrogens is 1. The SMILES string of the molecule is CCOC(=O)c1[nH]c2ccc(OC)cc2c1NC(=O)CC[NH+]1CCSCC1. The molecule has 3 N–H and O–H groups in total. The summed E-state index contributed by atoms with van der Waals surface area (Å²) in [6, 6.07) is 5.43. The van der Waals surface area contributed by atoms with Crippen molar-refractivity contribution in [3.63, 3.8) is 0 Å². The Kier molecular flexibility index (Phi) is 6.63. The Morgan fingerprint density at radius 1 is 1.30 bits per heavy atom. The molecule has 0 atom stereocenters. The normalized spacial score (nSPS) is 14.9. The van der Waals surface area contributed by atoms with Gasteiger partial charge in [-0.1, -0.05) is 0 Å². The zero-order valence-electron chi connectivity index (χ0n) is 15.7. The zero-order chi connectivity index (χ0) is 19.2. The zero-order valence-corrected chi connectivity index (χ0v) is 16.5. The molecule has 0 spiro atoms. The standard InChI is InChI=1S/C19H25N3O4S/c1-3-26-19(24)18-17(14-12-13(25-2)4-5-15(14)20-18)21-16(23)6-7-22-8-10-27-11-9-22/h4-5,12,20H,3,6-11H2,1-2H3,(H,21,23)/p+1. The Balaban J connectivity index is 1.80. The van der Waals surface area contributed by atoms with Crippen molar-refractivity contribution in [3.05, 3.63) is 23.9 Å². The van der Waals surface area contributed by atoms with Gasteiger partial charge in [-0.25, -0.2) is 4.79 Å². The van der Waals surface area contributed by atoms with Crippen LogP contribution in [-0.4, -0.2) is 61.7 Å². The fourth-order valence-corrected chi connectivity index (χ4v) is 4.26. The number of H-pyrrole nitrogens is 1. The summed E-state index contributed by atoms with van der Waals surface area (Å²) >= 11 is 1.96. The molecule has 2 heterocycles. The number of thioether (sulfide) groups is 1. The highest BCUT2D eigenvalue weighted by Crippen LogP contribution is 2.31. The smallest absolute Gasteiger partial charge is 0.356 e. The summed E-state index contributed by atoms with van der Waals surface area (Å²) in [7, 11) is 1.58. The molecule has 0 saturated carbocycles. The highest BCUT2D eigenvalue weighted by Gasteiger charge is 2.22. The van der Waals surface area contributed by atoms with Crippen LogP contribution in [0.15, 0.2) is 18.2 Å². The number of nitrogens with one attached hydrogen (secondary N) is 3. The minimum absolute atomic E-state index is 0.102. The molecule has 0 radical (unpaired) electrons. The molecular weight excluding hydrogens is 366 g/mol. The van der Waals surface area contributed by atoms with Crippen LogP contribution >= 0.6 is 11.8 Å². The maximum absolute atomic E-state index is 12.6. The lowest BCUT2D eigenvalue weighted by molar-refractivity contribution is -0.895. The van der Waals surface area contributed by atoms with Crippen molar-refractivity contribution in [2.24, 2.45) is 0 Å². The van der Waals surface area contributed by atoms with Crippen LogP contribution in [0.3, 0.4) is 0 Å². The summed E-state index contributed by atoms with van der Waals surface area (Å²) in [6.07, 6.45) is 0.416. The van der Waals surface area contributed by atoms with Gasteiger partial charge in [0.05, 0.1) is 45.5 Å².